The minimum atomic E-state index is -0.225. The standard InChI is InChI=1S/C21H25FN4OS/c1-4-17-12-18-20(23-14(2)24-21(18)28-17)26-9-7-25(8-10-26)13-15-11-16(22)5-6-19(15)27-3/h5-6,11-12H,4,7-10,13H2,1-3H3. The fourth-order valence-corrected chi connectivity index (χ4v) is 4.71. The lowest BCUT2D eigenvalue weighted by Crippen LogP contribution is -2.46. The highest BCUT2D eigenvalue weighted by molar-refractivity contribution is 7.18. The zero-order valence-corrected chi connectivity index (χ0v) is 17.4. The molecule has 0 spiro atoms. The monoisotopic (exact) mass is 400 g/mol. The van der Waals surface area contributed by atoms with Gasteiger partial charge in [0.1, 0.15) is 28.0 Å². The van der Waals surface area contributed by atoms with E-state index in [0.717, 1.165) is 65.8 Å². The number of hydrogen-bond acceptors (Lipinski definition) is 6. The number of ether oxygens (including phenoxy) is 1. The molecule has 3 aromatic rings. The van der Waals surface area contributed by atoms with Gasteiger partial charge in [-0.1, -0.05) is 6.92 Å². The second kappa shape index (κ2) is 8.01. The number of piperazine rings is 1. The Bertz CT molecular complexity index is 982. The summed E-state index contributed by atoms with van der Waals surface area (Å²) in [4.78, 5) is 16.5. The fraction of sp³-hybridized carbons (Fsp3) is 0.429. The molecule has 1 aliphatic rings. The van der Waals surface area contributed by atoms with Crippen LogP contribution in [0, 0.1) is 12.7 Å². The molecule has 1 saturated heterocycles. The van der Waals surface area contributed by atoms with Gasteiger partial charge in [0, 0.05) is 43.2 Å². The van der Waals surface area contributed by atoms with Gasteiger partial charge in [0.2, 0.25) is 0 Å². The molecule has 1 aromatic carbocycles. The maximum atomic E-state index is 13.6. The molecular weight excluding hydrogens is 375 g/mol. The molecule has 0 atom stereocenters. The summed E-state index contributed by atoms with van der Waals surface area (Å²) in [7, 11) is 1.63. The Morgan fingerprint density at radius 3 is 2.64 bits per heavy atom. The van der Waals surface area contributed by atoms with Crippen LogP contribution in [0.3, 0.4) is 0 Å². The molecule has 0 bridgehead atoms. The van der Waals surface area contributed by atoms with Crippen LogP contribution in [-0.4, -0.2) is 48.2 Å². The summed E-state index contributed by atoms with van der Waals surface area (Å²) in [6.45, 7) is 8.39. The highest BCUT2D eigenvalue weighted by Crippen LogP contribution is 2.32. The summed E-state index contributed by atoms with van der Waals surface area (Å²) in [6.07, 6.45) is 1.02. The first-order chi connectivity index (χ1) is 13.6. The van der Waals surface area contributed by atoms with Crippen LogP contribution in [-0.2, 0) is 13.0 Å². The lowest BCUT2D eigenvalue weighted by atomic mass is 10.1. The fourth-order valence-electron chi connectivity index (χ4n) is 3.70. The SMILES string of the molecule is CCc1cc2c(N3CCN(Cc4cc(F)ccc4OC)CC3)nc(C)nc2s1. The summed E-state index contributed by atoms with van der Waals surface area (Å²) in [5, 5.41) is 1.16. The maximum Gasteiger partial charge on any atom is 0.141 e. The van der Waals surface area contributed by atoms with Gasteiger partial charge < -0.3 is 9.64 Å². The largest absolute Gasteiger partial charge is 0.496 e. The molecule has 1 fully saturated rings. The molecule has 148 valence electrons. The Hall–Kier alpha value is -2.25. The predicted octanol–water partition coefficient (Wildman–Crippen LogP) is 4.03. The van der Waals surface area contributed by atoms with Crippen molar-refractivity contribution in [3.05, 3.63) is 46.3 Å². The number of nitrogens with zero attached hydrogens (tertiary/aromatic N) is 4. The van der Waals surface area contributed by atoms with Gasteiger partial charge in [-0.15, -0.1) is 11.3 Å². The predicted molar refractivity (Wildman–Crippen MR) is 112 cm³/mol. The molecule has 0 saturated carbocycles. The van der Waals surface area contributed by atoms with E-state index in [0.29, 0.717) is 6.54 Å². The molecule has 1 aliphatic heterocycles. The average Bonchev–Trinajstić information content (AvgIpc) is 3.11. The number of aryl methyl sites for hydroxylation is 2. The Morgan fingerprint density at radius 1 is 1.14 bits per heavy atom. The van der Waals surface area contributed by atoms with Crippen molar-refractivity contribution >= 4 is 27.4 Å². The number of benzene rings is 1. The Morgan fingerprint density at radius 2 is 1.93 bits per heavy atom. The summed E-state index contributed by atoms with van der Waals surface area (Å²) >= 11 is 1.76. The van der Waals surface area contributed by atoms with Crippen molar-refractivity contribution in [2.24, 2.45) is 0 Å². The van der Waals surface area contributed by atoms with Crippen LogP contribution < -0.4 is 9.64 Å². The van der Waals surface area contributed by atoms with E-state index in [-0.39, 0.29) is 5.82 Å². The van der Waals surface area contributed by atoms with Crippen molar-refractivity contribution in [2.75, 3.05) is 38.2 Å². The lowest BCUT2D eigenvalue weighted by molar-refractivity contribution is 0.245. The van der Waals surface area contributed by atoms with E-state index in [9.17, 15) is 4.39 Å². The third kappa shape index (κ3) is 3.82. The number of anilines is 1. The van der Waals surface area contributed by atoms with Gasteiger partial charge in [-0.05, 0) is 37.6 Å². The first kappa shape index (κ1) is 19.1. The third-order valence-electron chi connectivity index (χ3n) is 5.19. The summed E-state index contributed by atoms with van der Waals surface area (Å²) in [6, 6.07) is 6.94. The van der Waals surface area contributed by atoms with E-state index >= 15 is 0 Å². The maximum absolute atomic E-state index is 13.6. The first-order valence-corrected chi connectivity index (χ1v) is 10.5. The quantitative estimate of drug-likeness (QED) is 0.647. The smallest absolute Gasteiger partial charge is 0.141 e. The van der Waals surface area contributed by atoms with Gasteiger partial charge in [-0.25, -0.2) is 14.4 Å². The van der Waals surface area contributed by atoms with Crippen LogP contribution in [0.2, 0.25) is 0 Å². The number of rotatable bonds is 5. The van der Waals surface area contributed by atoms with Crippen LogP contribution in [0.1, 0.15) is 23.2 Å². The summed E-state index contributed by atoms with van der Waals surface area (Å²) < 4.78 is 19.0. The normalized spacial score (nSPS) is 15.4. The van der Waals surface area contributed by atoms with Gasteiger partial charge in [-0.3, -0.25) is 4.90 Å². The molecule has 0 N–H and O–H groups in total. The number of aromatic nitrogens is 2. The molecule has 0 aliphatic carbocycles. The van der Waals surface area contributed by atoms with Crippen molar-refractivity contribution in [3.8, 4) is 5.75 Å². The topological polar surface area (TPSA) is 41.5 Å². The molecule has 4 rings (SSSR count). The van der Waals surface area contributed by atoms with Crippen molar-refractivity contribution in [3.63, 3.8) is 0 Å². The van der Waals surface area contributed by atoms with E-state index < -0.39 is 0 Å². The second-order valence-corrected chi connectivity index (χ2v) is 8.21. The highest BCUT2D eigenvalue weighted by atomic mass is 32.1. The number of hydrogen-bond donors (Lipinski definition) is 0. The van der Waals surface area contributed by atoms with Gasteiger partial charge >= 0.3 is 0 Å². The van der Waals surface area contributed by atoms with Crippen LogP contribution in [0.15, 0.2) is 24.3 Å². The molecule has 0 amide bonds. The van der Waals surface area contributed by atoms with Crippen LogP contribution in [0.5, 0.6) is 5.75 Å². The van der Waals surface area contributed by atoms with Gasteiger partial charge in [0.15, 0.2) is 0 Å². The molecule has 7 heteroatoms. The Kier molecular flexibility index (Phi) is 5.46. The van der Waals surface area contributed by atoms with E-state index in [4.69, 9.17) is 9.72 Å². The van der Waals surface area contributed by atoms with E-state index in [1.807, 2.05) is 6.92 Å². The van der Waals surface area contributed by atoms with Crippen molar-refractivity contribution < 1.29 is 9.13 Å². The lowest BCUT2D eigenvalue weighted by Gasteiger charge is -2.35. The molecular formula is C21H25FN4OS. The number of halogens is 1. The zero-order valence-electron chi connectivity index (χ0n) is 16.5. The number of thiophene rings is 1. The summed E-state index contributed by atoms with van der Waals surface area (Å²) in [5.41, 5.74) is 0.890. The molecule has 3 heterocycles. The van der Waals surface area contributed by atoms with Crippen LogP contribution in [0.25, 0.3) is 10.2 Å². The first-order valence-electron chi connectivity index (χ1n) is 9.64. The number of methoxy groups -OCH3 is 1. The summed E-state index contributed by atoms with van der Waals surface area (Å²) in [5.74, 6) is 2.38. The van der Waals surface area contributed by atoms with Crippen molar-refractivity contribution in [1.29, 1.82) is 0 Å². The molecule has 2 aromatic heterocycles. The van der Waals surface area contributed by atoms with Crippen LogP contribution in [0.4, 0.5) is 10.2 Å². The average molecular weight is 401 g/mol. The molecule has 0 unspecified atom stereocenters. The van der Waals surface area contributed by atoms with Gasteiger partial charge in [-0.2, -0.15) is 0 Å². The molecule has 5 nitrogen and oxygen atoms in total. The van der Waals surface area contributed by atoms with E-state index in [1.165, 1.54) is 10.9 Å². The Labute approximate surface area is 168 Å². The zero-order chi connectivity index (χ0) is 19.7. The van der Waals surface area contributed by atoms with Gasteiger partial charge in [0.05, 0.1) is 12.5 Å². The van der Waals surface area contributed by atoms with Crippen LogP contribution >= 0.6 is 11.3 Å². The van der Waals surface area contributed by atoms with Crippen molar-refractivity contribution in [2.45, 2.75) is 26.8 Å². The second-order valence-electron chi connectivity index (χ2n) is 7.10. The number of fused-ring (bicyclic) bond motifs is 1. The Balaban J connectivity index is 1.50. The highest BCUT2D eigenvalue weighted by Gasteiger charge is 2.22. The minimum Gasteiger partial charge on any atom is -0.496 e. The molecule has 0 radical (unpaired) electrons. The third-order valence-corrected chi connectivity index (χ3v) is 6.37. The van der Waals surface area contributed by atoms with Crippen molar-refractivity contribution in [1.82, 2.24) is 14.9 Å². The van der Waals surface area contributed by atoms with E-state index in [1.54, 1.807) is 30.6 Å². The molecule has 28 heavy (non-hydrogen) atoms. The van der Waals surface area contributed by atoms with E-state index in [2.05, 4.69) is 27.8 Å². The minimum absolute atomic E-state index is 0.225. The van der Waals surface area contributed by atoms with Gasteiger partial charge in [0.25, 0.3) is 0 Å².